The number of nitrogens with zero attached hydrogens (tertiary/aromatic N) is 2. The third-order valence-electron chi connectivity index (χ3n) is 3.24. The fraction of sp³-hybridized carbons (Fsp3) is 0.308. The summed E-state index contributed by atoms with van der Waals surface area (Å²) < 4.78 is 1.92. The summed E-state index contributed by atoms with van der Waals surface area (Å²) in [5.74, 6) is 0.586. The Balaban J connectivity index is 1.74. The van der Waals surface area contributed by atoms with Gasteiger partial charge in [0.15, 0.2) is 0 Å². The van der Waals surface area contributed by atoms with Crippen LogP contribution in [0, 0.1) is 0 Å². The molecule has 0 bridgehead atoms. The number of hydrogen-bond donors (Lipinski definition) is 1. The maximum atomic E-state index is 8.96. The van der Waals surface area contributed by atoms with Crippen LogP contribution < -0.4 is 0 Å². The molecular weight excluding hydrogens is 200 g/mol. The highest BCUT2D eigenvalue weighted by Gasteiger charge is 2.25. The van der Waals surface area contributed by atoms with Crippen molar-refractivity contribution < 1.29 is 5.11 Å². The Hall–Kier alpha value is -1.61. The molecule has 0 spiro atoms. The van der Waals surface area contributed by atoms with Crippen molar-refractivity contribution in [1.82, 2.24) is 9.78 Å². The highest BCUT2D eigenvalue weighted by molar-refractivity contribution is 5.39. The van der Waals surface area contributed by atoms with E-state index in [4.69, 9.17) is 5.11 Å². The first-order valence-corrected chi connectivity index (χ1v) is 5.57. The van der Waals surface area contributed by atoms with Crippen LogP contribution in [0.3, 0.4) is 0 Å². The van der Waals surface area contributed by atoms with E-state index in [1.54, 1.807) is 6.20 Å². The van der Waals surface area contributed by atoms with Crippen LogP contribution >= 0.6 is 0 Å². The number of benzene rings is 1. The smallest absolute Gasteiger partial charge is 0.0712 e. The van der Waals surface area contributed by atoms with Gasteiger partial charge < -0.3 is 5.11 Å². The highest BCUT2D eigenvalue weighted by Crippen LogP contribution is 2.35. The minimum Gasteiger partial charge on any atom is -0.392 e. The number of aliphatic hydroxyl groups excluding tert-OH is 1. The molecule has 0 amide bonds. The topological polar surface area (TPSA) is 38.1 Å². The van der Waals surface area contributed by atoms with E-state index in [-0.39, 0.29) is 6.61 Å². The lowest BCUT2D eigenvalue weighted by molar-refractivity contribution is 0.281. The maximum absolute atomic E-state index is 8.96. The Morgan fingerprint density at radius 1 is 1.38 bits per heavy atom. The van der Waals surface area contributed by atoms with Crippen molar-refractivity contribution in [3.63, 3.8) is 0 Å². The molecule has 0 radical (unpaired) electrons. The standard InChI is InChI=1S/C13H14N2O/c16-9-10-6-14-15(7-10)8-12-5-11-3-1-2-4-13(11)12/h1-4,6-7,12,16H,5,8-9H2. The zero-order chi connectivity index (χ0) is 11.0. The Bertz CT molecular complexity index is 504. The van der Waals surface area contributed by atoms with Gasteiger partial charge in [-0.15, -0.1) is 0 Å². The van der Waals surface area contributed by atoms with Gasteiger partial charge in [0.2, 0.25) is 0 Å². The number of aromatic nitrogens is 2. The van der Waals surface area contributed by atoms with Crippen molar-refractivity contribution in [1.29, 1.82) is 0 Å². The van der Waals surface area contributed by atoms with E-state index in [1.165, 1.54) is 11.1 Å². The van der Waals surface area contributed by atoms with Crippen LogP contribution in [-0.2, 0) is 19.6 Å². The van der Waals surface area contributed by atoms with Gasteiger partial charge in [0.1, 0.15) is 0 Å². The average molecular weight is 214 g/mol. The van der Waals surface area contributed by atoms with Crippen molar-refractivity contribution in [2.45, 2.75) is 25.5 Å². The molecule has 82 valence electrons. The summed E-state index contributed by atoms with van der Waals surface area (Å²) in [7, 11) is 0. The van der Waals surface area contributed by atoms with Crippen molar-refractivity contribution in [3.8, 4) is 0 Å². The van der Waals surface area contributed by atoms with Crippen molar-refractivity contribution >= 4 is 0 Å². The summed E-state index contributed by atoms with van der Waals surface area (Å²) in [5, 5.41) is 13.2. The van der Waals surface area contributed by atoms with Gasteiger partial charge in [0.05, 0.1) is 12.8 Å². The molecule has 3 heteroatoms. The van der Waals surface area contributed by atoms with Gasteiger partial charge in [0, 0.05) is 24.2 Å². The summed E-state index contributed by atoms with van der Waals surface area (Å²) in [6.45, 7) is 0.984. The van der Waals surface area contributed by atoms with Crippen LogP contribution in [0.2, 0.25) is 0 Å². The van der Waals surface area contributed by atoms with Crippen LogP contribution in [0.25, 0.3) is 0 Å². The Labute approximate surface area is 94.3 Å². The van der Waals surface area contributed by atoms with E-state index in [0.717, 1.165) is 18.5 Å². The highest BCUT2D eigenvalue weighted by atomic mass is 16.3. The SMILES string of the molecule is OCc1cnn(CC2Cc3ccccc32)c1. The molecular formula is C13H14N2O. The molecule has 3 rings (SSSR count). The summed E-state index contributed by atoms with van der Waals surface area (Å²) in [5.41, 5.74) is 3.79. The number of aliphatic hydroxyl groups is 1. The number of fused-ring (bicyclic) bond motifs is 1. The van der Waals surface area contributed by atoms with Crippen LogP contribution in [0.15, 0.2) is 36.7 Å². The second-order valence-electron chi connectivity index (χ2n) is 4.33. The first kappa shape index (κ1) is 9.60. The van der Waals surface area contributed by atoms with Crippen molar-refractivity contribution in [2.24, 2.45) is 0 Å². The molecule has 1 atom stereocenters. The summed E-state index contributed by atoms with van der Waals surface area (Å²) in [6, 6.07) is 8.56. The van der Waals surface area contributed by atoms with Crippen LogP contribution in [0.5, 0.6) is 0 Å². The molecule has 16 heavy (non-hydrogen) atoms. The molecule has 1 unspecified atom stereocenters. The van der Waals surface area contributed by atoms with Gasteiger partial charge in [0.25, 0.3) is 0 Å². The molecule has 2 aromatic rings. The van der Waals surface area contributed by atoms with Gasteiger partial charge in [-0.05, 0) is 17.5 Å². The molecule has 0 fully saturated rings. The molecule has 0 saturated heterocycles. The fourth-order valence-corrected chi connectivity index (χ4v) is 2.34. The Kier molecular flexibility index (Phi) is 2.26. The predicted octanol–water partition coefficient (Wildman–Crippen LogP) is 1.72. The summed E-state index contributed by atoms with van der Waals surface area (Å²) >= 11 is 0. The van der Waals surface area contributed by atoms with Gasteiger partial charge in [-0.2, -0.15) is 5.10 Å². The molecule has 1 aliphatic carbocycles. The van der Waals surface area contributed by atoms with E-state index in [1.807, 2.05) is 10.9 Å². The third kappa shape index (κ3) is 1.53. The van der Waals surface area contributed by atoms with Crippen LogP contribution in [-0.4, -0.2) is 14.9 Å². The lowest BCUT2D eigenvalue weighted by atomic mass is 9.78. The molecule has 0 saturated carbocycles. The summed E-state index contributed by atoms with van der Waals surface area (Å²) in [4.78, 5) is 0. The molecule has 1 aromatic heterocycles. The first-order valence-electron chi connectivity index (χ1n) is 5.57. The van der Waals surface area contributed by atoms with Crippen LogP contribution in [0.4, 0.5) is 0 Å². The molecule has 0 aliphatic heterocycles. The van der Waals surface area contributed by atoms with Gasteiger partial charge in [-0.25, -0.2) is 0 Å². The molecule has 3 nitrogen and oxygen atoms in total. The predicted molar refractivity (Wildman–Crippen MR) is 61.0 cm³/mol. The minimum atomic E-state index is 0.0707. The van der Waals surface area contributed by atoms with Gasteiger partial charge >= 0.3 is 0 Å². The number of hydrogen-bond acceptors (Lipinski definition) is 2. The van der Waals surface area contributed by atoms with E-state index < -0.39 is 0 Å². The number of rotatable bonds is 3. The molecule has 1 N–H and O–H groups in total. The Morgan fingerprint density at radius 3 is 3.00 bits per heavy atom. The molecule has 1 aliphatic rings. The molecule has 1 heterocycles. The second-order valence-corrected chi connectivity index (χ2v) is 4.33. The van der Waals surface area contributed by atoms with Crippen LogP contribution in [0.1, 0.15) is 22.6 Å². The third-order valence-corrected chi connectivity index (χ3v) is 3.24. The Morgan fingerprint density at radius 2 is 2.25 bits per heavy atom. The molecule has 1 aromatic carbocycles. The fourth-order valence-electron chi connectivity index (χ4n) is 2.34. The maximum Gasteiger partial charge on any atom is 0.0712 e. The van der Waals surface area contributed by atoms with Crippen molar-refractivity contribution in [2.75, 3.05) is 0 Å². The monoisotopic (exact) mass is 214 g/mol. The lowest BCUT2D eigenvalue weighted by Crippen LogP contribution is -2.22. The zero-order valence-corrected chi connectivity index (χ0v) is 9.00. The second kappa shape index (κ2) is 3.76. The lowest BCUT2D eigenvalue weighted by Gasteiger charge is -2.29. The summed E-state index contributed by atoms with van der Waals surface area (Å²) in [6.07, 6.45) is 4.79. The van der Waals surface area contributed by atoms with E-state index in [9.17, 15) is 0 Å². The average Bonchev–Trinajstić information content (AvgIpc) is 2.74. The van der Waals surface area contributed by atoms with Gasteiger partial charge in [-0.3, -0.25) is 4.68 Å². The van der Waals surface area contributed by atoms with E-state index >= 15 is 0 Å². The van der Waals surface area contributed by atoms with Gasteiger partial charge in [-0.1, -0.05) is 24.3 Å². The largest absolute Gasteiger partial charge is 0.392 e. The zero-order valence-electron chi connectivity index (χ0n) is 9.00. The normalized spacial score (nSPS) is 17.9. The minimum absolute atomic E-state index is 0.0707. The van der Waals surface area contributed by atoms with E-state index in [2.05, 4.69) is 29.4 Å². The van der Waals surface area contributed by atoms with E-state index in [0.29, 0.717) is 5.92 Å². The first-order chi connectivity index (χ1) is 7.86. The van der Waals surface area contributed by atoms with Crippen molar-refractivity contribution in [3.05, 3.63) is 53.3 Å². The quantitative estimate of drug-likeness (QED) is 0.844.